The maximum Gasteiger partial charge on any atom is 0.308 e. The quantitative estimate of drug-likeness (QED) is 0.768. The van der Waals surface area contributed by atoms with Crippen LogP contribution in [0.3, 0.4) is 0 Å². The fraction of sp³-hybridized carbons (Fsp3) is 0.923. The minimum atomic E-state index is -0.616. The van der Waals surface area contributed by atoms with Crippen molar-refractivity contribution in [3.8, 4) is 0 Å². The molecule has 1 N–H and O–H groups in total. The molecule has 1 heterocycles. The van der Waals surface area contributed by atoms with Crippen LogP contribution in [0.1, 0.15) is 33.6 Å². The van der Waals surface area contributed by atoms with Crippen LogP contribution in [-0.4, -0.2) is 42.3 Å². The summed E-state index contributed by atoms with van der Waals surface area (Å²) in [6, 6.07) is 0. The number of methoxy groups -OCH3 is 1. The Bertz CT molecular complexity index is 327. The summed E-state index contributed by atoms with van der Waals surface area (Å²) in [6.07, 6.45) is 0.438. The van der Waals surface area contributed by atoms with Crippen molar-refractivity contribution >= 4 is 5.97 Å². The maximum absolute atomic E-state index is 11.4. The van der Waals surface area contributed by atoms with Gasteiger partial charge in [0.25, 0.3) is 0 Å². The van der Waals surface area contributed by atoms with E-state index < -0.39 is 11.9 Å². The van der Waals surface area contributed by atoms with Gasteiger partial charge in [0.05, 0.1) is 25.2 Å². The largest absolute Gasteiger partial charge is 0.469 e. The van der Waals surface area contributed by atoms with Crippen LogP contribution in [0, 0.1) is 11.8 Å². The molecular weight excluding hydrogens is 236 g/mol. The molecule has 5 unspecified atom stereocenters. The van der Waals surface area contributed by atoms with Crippen LogP contribution in [0.15, 0.2) is 0 Å². The van der Waals surface area contributed by atoms with Gasteiger partial charge in [-0.15, -0.1) is 0 Å². The van der Waals surface area contributed by atoms with Crippen LogP contribution in [0.4, 0.5) is 0 Å². The lowest BCUT2D eigenvalue weighted by atomic mass is 9.92. The standard InChI is InChI=1S/C13H22O5/c1-7(12(15)16-4)5-8-6-9-11(10(8)14)18-13(2,3)17-9/h7-11,14H,5-6H2,1-4H3. The van der Waals surface area contributed by atoms with E-state index >= 15 is 0 Å². The maximum atomic E-state index is 11.4. The summed E-state index contributed by atoms with van der Waals surface area (Å²) < 4.78 is 16.1. The highest BCUT2D eigenvalue weighted by Crippen LogP contribution is 2.43. The number of rotatable bonds is 3. The fourth-order valence-corrected chi connectivity index (χ4v) is 3.03. The molecule has 5 heteroatoms. The SMILES string of the molecule is COC(=O)C(C)CC1CC2OC(C)(C)OC2C1O. The molecule has 0 amide bonds. The first-order chi connectivity index (χ1) is 8.34. The van der Waals surface area contributed by atoms with Gasteiger partial charge in [-0.3, -0.25) is 4.79 Å². The molecular formula is C13H22O5. The minimum Gasteiger partial charge on any atom is -0.469 e. The zero-order chi connectivity index (χ0) is 13.5. The van der Waals surface area contributed by atoms with Crippen LogP contribution in [0.25, 0.3) is 0 Å². The summed E-state index contributed by atoms with van der Waals surface area (Å²) >= 11 is 0. The lowest BCUT2D eigenvalue weighted by Crippen LogP contribution is -2.33. The summed E-state index contributed by atoms with van der Waals surface area (Å²) in [4.78, 5) is 11.4. The summed E-state index contributed by atoms with van der Waals surface area (Å²) in [5.41, 5.74) is 0. The number of hydrogen-bond acceptors (Lipinski definition) is 5. The first-order valence-electron chi connectivity index (χ1n) is 6.45. The van der Waals surface area contributed by atoms with E-state index in [1.807, 2.05) is 20.8 Å². The number of hydrogen-bond donors (Lipinski definition) is 1. The zero-order valence-corrected chi connectivity index (χ0v) is 11.4. The average molecular weight is 258 g/mol. The molecule has 1 saturated heterocycles. The van der Waals surface area contributed by atoms with E-state index in [-0.39, 0.29) is 30.0 Å². The molecule has 1 saturated carbocycles. The van der Waals surface area contributed by atoms with Gasteiger partial charge in [0, 0.05) is 0 Å². The lowest BCUT2D eigenvalue weighted by Gasteiger charge is -2.24. The summed E-state index contributed by atoms with van der Waals surface area (Å²) in [7, 11) is 1.38. The highest BCUT2D eigenvalue weighted by molar-refractivity contribution is 5.71. The molecule has 5 atom stereocenters. The molecule has 0 radical (unpaired) electrons. The molecule has 0 aromatic rings. The molecule has 0 aromatic heterocycles. The van der Waals surface area contributed by atoms with Crippen molar-refractivity contribution in [1.29, 1.82) is 0 Å². The number of carbonyl (C=O) groups is 1. The molecule has 0 aromatic carbocycles. The highest BCUT2D eigenvalue weighted by Gasteiger charge is 2.53. The summed E-state index contributed by atoms with van der Waals surface area (Å²) in [5.74, 6) is -1.02. The minimum absolute atomic E-state index is 0.0326. The van der Waals surface area contributed by atoms with E-state index in [0.29, 0.717) is 6.42 Å². The van der Waals surface area contributed by atoms with E-state index in [1.54, 1.807) is 0 Å². The van der Waals surface area contributed by atoms with Gasteiger partial charge in [-0.1, -0.05) is 6.92 Å². The monoisotopic (exact) mass is 258 g/mol. The molecule has 18 heavy (non-hydrogen) atoms. The molecule has 1 aliphatic heterocycles. The molecule has 5 nitrogen and oxygen atoms in total. The van der Waals surface area contributed by atoms with Gasteiger partial charge in [-0.05, 0) is 32.6 Å². The second-order valence-electron chi connectivity index (χ2n) is 5.78. The van der Waals surface area contributed by atoms with Gasteiger partial charge in [-0.2, -0.15) is 0 Å². The predicted molar refractivity (Wildman–Crippen MR) is 63.7 cm³/mol. The molecule has 1 aliphatic carbocycles. The van der Waals surface area contributed by atoms with Crippen LogP contribution in [-0.2, 0) is 19.0 Å². The van der Waals surface area contributed by atoms with Crippen LogP contribution < -0.4 is 0 Å². The lowest BCUT2D eigenvalue weighted by molar-refractivity contribution is -0.168. The topological polar surface area (TPSA) is 65.0 Å². The van der Waals surface area contributed by atoms with Crippen LogP contribution in [0.2, 0.25) is 0 Å². The number of aliphatic hydroxyl groups excluding tert-OH is 1. The van der Waals surface area contributed by atoms with E-state index in [9.17, 15) is 9.90 Å². The number of fused-ring (bicyclic) bond motifs is 1. The third-order valence-corrected chi connectivity index (χ3v) is 3.84. The fourth-order valence-electron chi connectivity index (χ4n) is 3.03. The van der Waals surface area contributed by atoms with Crippen molar-refractivity contribution in [3.05, 3.63) is 0 Å². The highest BCUT2D eigenvalue weighted by atomic mass is 16.8. The van der Waals surface area contributed by atoms with Gasteiger partial charge in [0.15, 0.2) is 5.79 Å². The molecule has 0 spiro atoms. The van der Waals surface area contributed by atoms with Crippen molar-refractivity contribution in [2.45, 2.75) is 57.7 Å². The number of carbonyl (C=O) groups excluding carboxylic acids is 1. The molecule has 104 valence electrons. The average Bonchev–Trinajstić information content (AvgIpc) is 2.73. The van der Waals surface area contributed by atoms with Gasteiger partial charge in [-0.25, -0.2) is 0 Å². The Morgan fingerprint density at radius 2 is 2.17 bits per heavy atom. The van der Waals surface area contributed by atoms with Crippen molar-refractivity contribution in [2.75, 3.05) is 7.11 Å². The predicted octanol–water partition coefficient (Wildman–Crippen LogP) is 1.09. The van der Waals surface area contributed by atoms with E-state index in [2.05, 4.69) is 0 Å². The number of ether oxygens (including phenoxy) is 3. The Labute approximate surface area is 107 Å². The molecule has 0 bridgehead atoms. The van der Waals surface area contributed by atoms with Crippen molar-refractivity contribution in [3.63, 3.8) is 0 Å². The third kappa shape index (κ3) is 2.53. The van der Waals surface area contributed by atoms with E-state index in [0.717, 1.165) is 6.42 Å². The Balaban J connectivity index is 1.93. The van der Waals surface area contributed by atoms with E-state index in [1.165, 1.54) is 7.11 Å². The van der Waals surface area contributed by atoms with Crippen LogP contribution >= 0.6 is 0 Å². The van der Waals surface area contributed by atoms with Gasteiger partial charge < -0.3 is 19.3 Å². The zero-order valence-electron chi connectivity index (χ0n) is 11.4. The van der Waals surface area contributed by atoms with Crippen molar-refractivity contribution in [2.24, 2.45) is 11.8 Å². The summed E-state index contributed by atoms with van der Waals surface area (Å²) in [5, 5.41) is 10.2. The van der Waals surface area contributed by atoms with Crippen molar-refractivity contribution < 1.29 is 24.1 Å². The Kier molecular flexibility index (Phi) is 3.67. The molecule has 2 rings (SSSR count). The Morgan fingerprint density at radius 3 is 2.72 bits per heavy atom. The number of aliphatic hydroxyl groups is 1. The Hall–Kier alpha value is -0.650. The van der Waals surface area contributed by atoms with Gasteiger partial charge in [0.2, 0.25) is 0 Å². The Morgan fingerprint density at radius 1 is 1.50 bits per heavy atom. The first kappa shape index (κ1) is 13.8. The first-order valence-corrected chi connectivity index (χ1v) is 6.45. The smallest absolute Gasteiger partial charge is 0.308 e. The second-order valence-corrected chi connectivity index (χ2v) is 5.78. The van der Waals surface area contributed by atoms with Gasteiger partial charge in [0.1, 0.15) is 6.10 Å². The third-order valence-electron chi connectivity index (χ3n) is 3.84. The van der Waals surface area contributed by atoms with Crippen LogP contribution in [0.5, 0.6) is 0 Å². The van der Waals surface area contributed by atoms with E-state index in [4.69, 9.17) is 14.2 Å². The molecule has 2 fully saturated rings. The van der Waals surface area contributed by atoms with Crippen molar-refractivity contribution in [1.82, 2.24) is 0 Å². The molecule has 2 aliphatic rings. The van der Waals surface area contributed by atoms with Gasteiger partial charge >= 0.3 is 5.97 Å². The number of esters is 1. The normalized spacial score (nSPS) is 39.4. The summed E-state index contributed by atoms with van der Waals surface area (Å²) in [6.45, 7) is 5.52. The second kappa shape index (κ2) is 4.79.